The summed E-state index contributed by atoms with van der Waals surface area (Å²) in [6.45, 7) is 2.11. The molecule has 0 saturated heterocycles. The number of nitrogens with one attached hydrogen (secondary N) is 1. The van der Waals surface area contributed by atoms with Crippen molar-refractivity contribution in [3.8, 4) is 28.1 Å². The molecule has 112 valence electrons. The Morgan fingerprint density at radius 1 is 0.783 bits per heavy atom. The van der Waals surface area contributed by atoms with Crippen molar-refractivity contribution in [2.45, 2.75) is 6.92 Å². The van der Waals surface area contributed by atoms with Gasteiger partial charge >= 0.3 is 0 Å². The summed E-state index contributed by atoms with van der Waals surface area (Å²) in [6, 6.07) is 24.2. The molecule has 2 heteroatoms. The van der Waals surface area contributed by atoms with Gasteiger partial charge in [-0.1, -0.05) is 54.1 Å². The van der Waals surface area contributed by atoms with Gasteiger partial charge in [-0.15, -0.1) is 0 Å². The van der Waals surface area contributed by atoms with Crippen molar-refractivity contribution in [2.24, 2.45) is 0 Å². The largest absolute Gasteiger partial charge is 0.508 e. The van der Waals surface area contributed by atoms with Crippen molar-refractivity contribution in [1.29, 1.82) is 0 Å². The van der Waals surface area contributed by atoms with E-state index >= 15 is 0 Å². The Morgan fingerprint density at radius 2 is 1.52 bits per heavy atom. The van der Waals surface area contributed by atoms with Gasteiger partial charge < -0.3 is 10.1 Å². The Bertz CT molecular complexity index is 966. The third kappa shape index (κ3) is 2.38. The normalized spacial score (nSPS) is 11.0. The Kier molecular flexibility index (Phi) is 3.16. The van der Waals surface area contributed by atoms with Crippen LogP contribution in [0.2, 0.25) is 0 Å². The lowest BCUT2D eigenvalue weighted by molar-refractivity contribution is 0.475. The van der Waals surface area contributed by atoms with Gasteiger partial charge in [-0.05, 0) is 42.3 Å². The van der Waals surface area contributed by atoms with Crippen LogP contribution in [0, 0.1) is 6.92 Å². The number of hydrogen-bond donors (Lipinski definition) is 2. The van der Waals surface area contributed by atoms with E-state index in [0.29, 0.717) is 0 Å². The summed E-state index contributed by atoms with van der Waals surface area (Å²) in [6.07, 6.45) is 0. The Hall–Kier alpha value is -3.00. The average Bonchev–Trinajstić information content (AvgIpc) is 2.95. The molecule has 3 aromatic carbocycles. The van der Waals surface area contributed by atoms with Crippen molar-refractivity contribution in [2.75, 3.05) is 0 Å². The second-order valence-electron chi connectivity index (χ2n) is 5.84. The quantitative estimate of drug-likeness (QED) is 0.502. The number of benzene rings is 3. The summed E-state index contributed by atoms with van der Waals surface area (Å²) in [7, 11) is 0. The summed E-state index contributed by atoms with van der Waals surface area (Å²) < 4.78 is 0. The lowest BCUT2D eigenvalue weighted by Gasteiger charge is -2.06. The van der Waals surface area contributed by atoms with Gasteiger partial charge in [-0.3, -0.25) is 0 Å². The molecule has 2 nitrogen and oxygen atoms in total. The number of aromatic amines is 1. The van der Waals surface area contributed by atoms with Crippen LogP contribution in [0.15, 0.2) is 72.8 Å². The first-order chi connectivity index (χ1) is 11.2. The van der Waals surface area contributed by atoms with Gasteiger partial charge in [-0.2, -0.15) is 0 Å². The van der Waals surface area contributed by atoms with Crippen LogP contribution in [0.4, 0.5) is 0 Å². The molecular formula is C21H17NO. The fourth-order valence-corrected chi connectivity index (χ4v) is 3.06. The smallest absolute Gasteiger partial charge is 0.115 e. The molecule has 0 radical (unpaired) electrons. The molecule has 4 aromatic rings. The number of aryl methyl sites for hydroxylation is 1. The van der Waals surface area contributed by atoms with Crippen LogP contribution in [0.25, 0.3) is 33.3 Å². The molecule has 0 spiro atoms. The van der Waals surface area contributed by atoms with Crippen molar-refractivity contribution < 1.29 is 5.11 Å². The highest BCUT2D eigenvalue weighted by molar-refractivity contribution is 6.04. The fourth-order valence-electron chi connectivity index (χ4n) is 3.06. The van der Waals surface area contributed by atoms with Crippen LogP contribution < -0.4 is 0 Å². The standard InChI is InChI=1S/C21H17NO/c1-14-7-12-19-18(13-14)20(15-8-10-17(23)11-9-15)21(22-19)16-5-3-2-4-6-16/h2-13,22-23H,1H3. The molecule has 4 rings (SSSR count). The highest BCUT2D eigenvalue weighted by atomic mass is 16.3. The van der Waals surface area contributed by atoms with E-state index in [1.165, 1.54) is 16.5 Å². The van der Waals surface area contributed by atoms with Crippen LogP contribution in [-0.4, -0.2) is 10.1 Å². The molecule has 1 aromatic heterocycles. The second kappa shape index (κ2) is 5.33. The van der Waals surface area contributed by atoms with Gasteiger partial charge in [-0.25, -0.2) is 0 Å². The van der Waals surface area contributed by atoms with E-state index in [1.54, 1.807) is 12.1 Å². The molecule has 23 heavy (non-hydrogen) atoms. The van der Waals surface area contributed by atoms with Crippen LogP contribution in [-0.2, 0) is 0 Å². The summed E-state index contributed by atoms with van der Waals surface area (Å²) in [5.74, 6) is 0.283. The number of aromatic nitrogens is 1. The zero-order chi connectivity index (χ0) is 15.8. The number of hydrogen-bond acceptors (Lipinski definition) is 1. The van der Waals surface area contributed by atoms with Crippen LogP contribution in [0.1, 0.15) is 5.56 Å². The van der Waals surface area contributed by atoms with Crippen molar-refractivity contribution in [1.82, 2.24) is 4.98 Å². The molecule has 1 heterocycles. The van der Waals surface area contributed by atoms with Gasteiger partial charge in [0, 0.05) is 16.5 Å². The number of fused-ring (bicyclic) bond motifs is 1. The predicted molar refractivity (Wildman–Crippen MR) is 95.6 cm³/mol. The van der Waals surface area contributed by atoms with E-state index in [2.05, 4.69) is 42.2 Å². The van der Waals surface area contributed by atoms with E-state index in [9.17, 15) is 5.11 Å². The average molecular weight is 299 g/mol. The first-order valence-corrected chi connectivity index (χ1v) is 7.69. The van der Waals surface area contributed by atoms with Gasteiger partial charge in [0.05, 0.1) is 5.69 Å². The predicted octanol–water partition coefficient (Wildman–Crippen LogP) is 5.52. The molecule has 0 unspecified atom stereocenters. The summed E-state index contributed by atoms with van der Waals surface area (Å²) >= 11 is 0. The third-order valence-electron chi connectivity index (χ3n) is 4.17. The molecule has 2 N–H and O–H groups in total. The Balaban J connectivity index is 2.06. The highest BCUT2D eigenvalue weighted by Crippen LogP contribution is 2.38. The van der Waals surface area contributed by atoms with E-state index in [-0.39, 0.29) is 5.75 Å². The molecular weight excluding hydrogens is 282 g/mol. The maximum atomic E-state index is 9.59. The van der Waals surface area contributed by atoms with Gasteiger partial charge in [0.2, 0.25) is 0 Å². The summed E-state index contributed by atoms with van der Waals surface area (Å²) in [5.41, 5.74) is 6.89. The minimum absolute atomic E-state index is 0.283. The zero-order valence-corrected chi connectivity index (χ0v) is 12.9. The van der Waals surface area contributed by atoms with Crippen molar-refractivity contribution in [3.05, 3.63) is 78.4 Å². The molecule has 0 saturated carbocycles. The maximum Gasteiger partial charge on any atom is 0.115 e. The number of aromatic hydroxyl groups is 1. The number of phenolic OH excluding ortho intramolecular Hbond substituents is 1. The third-order valence-corrected chi connectivity index (χ3v) is 4.17. The second-order valence-corrected chi connectivity index (χ2v) is 5.84. The van der Waals surface area contributed by atoms with Gasteiger partial charge in [0.25, 0.3) is 0 Å². The van der Waals surface area contributed by atoms with E-state index in [0.717, 1.165) is 22.3 Å². The lowest BCUT2D eigenvalue weighted by Crippen LogP contribution is -1.82. The van der Waals surface area contributed by atoms with Crippen molar-refractivity contribution >= 4 is 10.9 Å². The lowest BCUT2D eigenvalue weighted by atomic mass is 9.97. The molecule has 0 amide bonds. The number of H-pyrrole nitrogens is 1. The zero-order valence-electron chi connectivity index (χ0n) is 12.9. The van der Waals surface area contributed by atoms with Crippen molar-refractivity contribution in [3.63, 3.8) is 0 Å². The van der Waals surface area contributed by atoms with E-state index in [1.807, 2.05) is 30.3 Å². The molecule has 0 aliphatic rings. The number of phenols is 1. The van der Waals surface area contributed by atoms with Gasteiger partial charge in [0.15, 0.2) is 0 Å². The minimum Gasteiger partial charge on any atom is -0.508 e. The van der Waals surface area contributed by atoms with Crippen LogP contribution >= 0.6 is 0 Å². The summed E-state index contributed by atoms with van der Waals surface area (Å²) in [5, 5.41) is 10.8. The fraction of sp³-hybridized carbons (Fsp3) is 0.0476. The Morgan fingerprint density at radius 3 is 2.26 bits per heavy atom. The summed E-state index contributed by atoms with van der Waals surface area (Å²) in [4.78, 5) is 3.56. The Labute approximate surface area is 135 Å². The topological polar surface area (TPSA) is 36.0 Å². The molecule has 0 bridgehead atoms. The highest BCUT2D eigenvalue weighted by Gasteiger charge is 2.15. The van der Waals surface area contributed by atoms with Gasteiger partial charge in [0.1, 0.15) is 5.75 Å². The monoisotopic (exact) mass is 299 g/mol. The molecule has 0 atom stereocenters. The SMILES string of the molecule is Cc1ccc2[nH]c(-c3ccccc3)c(-c3ccc(O)cc3)c2c1. The first-order valence-electron chi connectivity index (χ1n) is 7.69. The molecule has 0 fully saturated rings. The maximum absolute atomic E-state index is 9.59. The van der Waals surface area contributed by atoms with Crippen LogP contribution in [0.5, 0.6) is 5.75 Å². The first kappa shape index (κ1) is 13.6. The molecule has 0 aliphatic carbocycles. The van der Waals surface area contributed by atoms with E-state index < -0.39 is 0 Å². The molecule has 0 aliphatic heterocycles. The number of rotatable bonds is 2. The van der Waals surface area contributed by atoms with Crippen LogP contribution in [0.3, 0.4) is 0 Å². The minimum atomic E-state index is 0.283. The van der Waals surface area contributed by atoms with E-state index in [4.69, 9.17) is 0 Å².